The van der Waals surface area contributed by atoms with Crippen molar-refractivity contribution in [1.82, 2.24) is 14.5 Å². The van der Waals surface area contributed by atoms with Crippen molar-refractivity contribution in [3.8, 4) is 11.8 Å². The molecule has 0 unspecified atom stereocenters. The molecule has 0 bridgehead atoms. The summed E-state index contributed by atoms with van der Waals surface area (Å²) >= 11 is 9.72. The molecule has 0 atom stereocenters. The van der Waals surface area contributed by atoms with E-state index < -0.39 is 0 Å². The van der Waals surface area contributed by atoms with E-state index in [1.54, 1.807) is 0 Å². The van der Waals surface area contributed by atoms with Crippen molar-refractivity contribution in [2.45, 2.75) is 20.8 Å². The van der Waals surface area contributed by atoms with Gasteiger partial charge < -0.3 is 9.55 Å². The quantitative estimate of drug-likeness (QED) is 0.340. The molecule has 6 heteroatoms. The average molecular weight is 466 g/mol. The van der Waals surface area contributed by atoms with Crippen molar-refractivity contribution in [2.75, 3.05) is 0 Å². The van der Waals surface area contributed by atoms with Crippen molar-refractivity contribution in [3.63, 3.8) is 0 Å². The van der Waals surface area contributed by atoms with Crippen LogP contribution in [0.15, 0.2) is 46.9 Å². The Hall–Kier alpha value is -2.81. The highest BCUT2D eigenvalue weighted by Crippen LogP contribution is 2.29. The Kier molecular flexibility index (Phi) is 5.08. The molecule has 0 aliphatic carbocycles. The van der Waals surface area contributed by atoms with Gasteiger partial charge in [0, 0.05) is 21.5 Å². The van der Waals surface area contributed by atoms with Gasteiger partial charge in [0.2, 0.25) is 0 Å². The monoisotopic (exact) mass is 464 g/mol. The Balaban J connectivity index is 1.80. The van der Waals surface area contributed by atoms with Crippen molar-refractivity contribution in [3.05, 3.63) is 80.3 Å². The summed E-state index contributed by atoms with van der Waals surface area (Å²) in [4.78, 5) is 7.85. The summed E-state index contributed by atoms with van der Waals surface area (Å²) in [6.45, 7) is 6.10. The highest BCUT2D eigenvalue weighted by atomic mass is 79.9. The number of aromatic nitrogens is 3. The maximum atomic E-state index is 9.76. The molecule has 2 aromatic carbocycles. The summed E-state index contributed by atoms with van der Waals surface area (Å²) in [6.07, 6.45) is 1.88. The van der Waals surface area contributed by atoms with Crippen LogP contribution < -0.4 is 0 Å². The number of imidazole rings is 1. The van der Waals surface area contributed by atoms with E-state index in [0.29, 0.717) is 16.4 Å². The van der Waals surface area contributed by atoms with Crippen molar-refractivity contribution < 1.29 is 0 Å². The van der Waals surface area contributed by atoms with E-state index in [0.717, 1.165) is 43.7 Å². The Morgan fingerprint density at radius 1 is 1.17 bits per heavy atom. The van der Waals surface area contributed by atoms with Crippen molar-refractivity contribution in [2.24, 2.45) is 0 Å². The molecular formula is C23H18BrClN4. The number of nitriles is 1. The number of halogens is 2. The van der Waals surface area contributed by atoms with Crippen LogP contribution in [0.1, 0.15) is 28.3 Å². The van der Waals surface area contributed by atoms with Gasteiger partial charge in [-0.1, -0.05) is 17.7 Å². The number of H-pyrrole nitrogens is 1. The third-order valence-electron chi connectivity index (χ3n) is 4.94. The smallest absolute Gasteiger partial charge is 0.149 e. The van der Waals surface area contributed by atoms with E-state index in [1.807, 2.05) is 63.2 Å². The fourth-order valence-electron chi connectivity index (χ4n) is 3.52. The number of aromatic amines is 1. The second-order valence-corrected chi connectivity index (χ2v) is 8.30. The predicted molar refractivity (Wildman–Crippen MR) is 122 cm³/mol. The molecule has 1 N–H and O–H groups in total. The Morgan fingerprint density at radius 2 is 1.97 bits per heavy atom. The normalized spacial score (nSPS) is 11.8. The molecular weight excluding hydrogens is 448 g/mol. The third-order valence-corrected chi connectivity index (χ3v) is 6.18. The van der Waals surface area contributed by atoms with Gasteiger partial charge in [0.1, 0.15) is 11.9 Å². The third kappa shape index (κ3) is 3.62. The van der Waals surface area contributed by atoms with Gasteiger partial charge in [-0.25, -0.2) is 4.98 Å². The topological polar surface area (TPSA) is 57.4 Å². The molecule has 0 radical (unpaired) electrons. The largest absolute Gasteiger partial charge is 0.337 e. The van der Waals surface area contributed by atoms with Crippen LogP contribution in [0.3, 0.4) is 0 Å². The second kappa shape index (κ2) is 7.55. The summed E-state index contributed by atoms with van der Waals surface area (Å²) in [5.41, 5.74) is 7.45. The minimum absolute atomic E-state index is 0.493. The molecule has 29 heavy (non-hydrogen) atoms. The van der Waals surface area contributed by atoms with Gasteiger partial charge in [-0.15, -0.1) is 0 Å². The van der Waals surface area contributed by atoms with E-state index in [1.165, 1.54) is 0 Å². The summed E-state index contributed by atoms with van der Waals surface area (Å²) in [6, 6.07) is 16.2. The van der Waals surface area contributed by atoms with Gasteiger partial charge in [-0.05, 0) is 90.3 Å². The maximum absolute atomic E-state index is 9.76. The van der Waals surface area contributed by atoms with Crippen LogP contribution in [0, 0.1) is 32.1 Å². The van der Waals surface area contributed by atoms with Crippen LogP contribution in [0.5, 0.6) is 0 Å². The zero-order valence-corrected chi connectivity index (χ0v) is 18.6. The van der Waals surface area contributed by atoms with E-state index in [9.17, 15) is 5.26 Å². The Bertz CT molecular complexity index is 1320. The zero-order chi connectivity index (χ0) is 20.7. The summed E-state index contributed by atoms with van der Waals surface area (Å²) < 4.78 is 2.98. The molecule has 0 aliphatic heterocycles. The Morgan fingerprint density at radius 3 is 2.69 bits per heavy atom. The van der Waals surface area contributed by atoms with Gasteiger partial charge in [0.25, 0.3) is 0 Å². The molecule has 4 nitrogen and oxygen atoms in total. The van der Waals surface area contributed by atoms with Crippen LogP contribution in [-0.4, -0.2) is 14.5 Å². The first kappa shape index (κ1) is 19.5. The van der Waals surface area contributed by atoms with Gasteiger partial charge in [-0.3, -0.25) is 0 Å². The number of aryl methyl sites for hydroxylation is 2. The predicted octanol–water partition coefficient (Wildman–Crippen LogP) is 6.76. The first-order valence-electron chi connectivity index (χ1n) is 9.10. The summed E-state index contributed by atoms with van der Waals surface area (Å²) in [5.74, 6) is 0.574. The standard InChI is InChI=1S/C23H18BrClN4/c1-13-4-7-21-22(8-13)28-23(27-21)17(12-26)10-16-9-14(2)29(15(16)3)18-5-6-19(24)20(25)11-18/h4-11H,1-3H3,(H,27,28). The van der Waals surface area contributed by atoms with Gasteiger partial charge in [-0.2, -0.15) is 5.26 Å². The van der Waals surface area contributed by atoms with Crippen LogP contribution >= 0.6 is 27.5 Å². The van der Waals surface area contributed by atoms with E-state index >= 15 is 0 Å². The molecule has 4 aromatic rings. The van der Waals surface area contributed by atoms with Crippen LogP contribution in [-0.2, 0) is 0 Å². The number of nitrogens with one attached hydrogen (secondary N) is 1. The first-order valence-corrected chi connectivity index (χ1v) is 10.3. The van der Waals surface area contributed by atoms with Crippen molar-refractivity contribution >= 4 is 50.2 Å². The number of hydrogen-bond donors (Lipinski definition) is 1. The molecule has 0 fully saturated rings. The highest BCUT2D eigenvalue weighted by molar-refractivity contribution is 9.10. The lowest BCUT2D eigenvalue weighted by Gasteiger charge is -2.10. The Labute approximate surface area is 182 Å². The van der Waals surface area contributed by atoms with Gasteiger partial charge in [0.15, 0.2) is 0 Å². The molecule has 0 saturated heterocycles. The van der Waals surface area contributed by atoms with E-state index in [2.05, 4.69) is 42.6 Å². The number of hydrogen-bond acceptors (Lipinski definition) is 2. The van der Waals surface area contributed by atoms with Crippen molar-refractivity contribution in [1.29, 1.82) is 5.26 Å². The van der Waals surface area contributed by atoms with Crippen LogP contribution in [0.2, 0.25) is 5.02 Å². The van der Waals surface area contributed by atoms with E-state index in [4.69, 9.17) is 11.6 Å². The number of benzene rings is 2. The molecule has 0 aliphatic rings. The summed E-state index contributed by atoms with van der Waals surface area (Å²) in [7, 11) is 0. The molecule has 0 saturated carbocycles. The minimum atomic E-state index is 0.493. The molecule has 4 rings (SSSR count). The molecule has 144 valence electrons. The molecule has 0 spiro atoms. The average Bonchev–Trinajstić information content (AvgIpc) is 3.22. The lowest BCUT2D eigenvalue weighted by atomic mass is 10.1. The zero-order valence-electron chi connectivity index (χ0n) is 16.2. The number of allylic oxidation sites excluding steroid dienone is 1. The molecule has 2 heterocycles. The van der Waals surface area contributed by atoms with Crippen LogP contribution in [0.4, 0.5) is 0 Å². The van der Waals surface area contributed by atoms with Gasteiger partial charge >= 0.3 is 0 Å². The molecule has 2 aromatic heterocycles. The number of rotatable bonds is 3. The lowest BCUT2D eigenvalue weighted by Crippen LogP contribution is -1.99. The van der Waals surface area contributed by atoms with E-state index in [-0.39, 0.29) is 0 Å². The maximum Gasteiger partial charge on any atom is 0.149 e. The van der Waals surface area contributed by atoms with Gasteiger partial charge in [0.05, 0.1) is 21.6 Å². The first-order chi connectivity index (χ1) is 13.9. The number of nitrogens with zero attached hydrogens (tertiary/aromatic N) is 3. The fraction of sp³-hybridized carbons (Fsp3) is 0.130. The SMILES string of the molecule is Cc1ccc2nc(C(C#N)=Cc3cc(C)n(-c4ccc(Br)c(Cl)c4)c3C)[nH]c2c1. The number of fused-ring (bicyclic) bond motifs is 1. The fourth-order valence-corrected chi connectivity index (χ4v) is 3.94. The minimum Gasteiger partial charge on any atom is -0.337 e. The van der Waals surface area contributed by atoms with Crippen LogP contribution in [0.25, 0.3) is 28.4 Å². The summed E-state index contributed by atoms with van der Waals surface area (Å²) in [5, 5.41) is 10.4. The lowest BCUT2D eigenvalue weighted by molar-refractivity contribution is 0.964. The highest BCUT2D eigenvalue weighted by Gasteiger charge is 2.13. The molecule has 0 amide bonds. The second-order valence-electron chi connectivity index (χ2n) is 7.04.